The number of carbonyl (C=O) groups excluding carboxylic acids is 2. The van der Waals surface area contributed by atoms with Crippen molar-refractivity contribution in [1.82, 2.24) is 10.2 Å². The smallest absolute Gasteiger partial charge is 0.245 e. The summed E-state index contributed by atoms with van der Waals surface area (Å²) in [5.74, 6) is -0.547. The zero-order valence-corrected chi connectivity index (χ0v) is 12.2. The minimum Gasteiger partial charge on any atom is -0.377 e. The maximum Gasteiger partial charge on any atom is 0.245 e. The van der Waals surface area contributed by atoms with E-state index in [4.69, 9.17) is 10.5 Å². The van der Waals surface area contributed by atoms with Gasteiger partial charge in [0.1, 0.15) is 6.04 Å². The number of morpholine rings is 1. The van der Waals surface area contributed by atoms with Gasteiger partial charge in [-0.05, 0) is 20.8 Å². The minimum atomic E-state index is -0.551. The zero-order chi connectivity index (χ0) is 14.6. The van der Waals surface area contributed by atoms with Crippen LogP contribution >= 0.6 is 0 Å². The first-order valence-corrected chi connectivity index (χ1v) is 6.78. The molecule has 2 amide bonds. The predicted molar refractivity (Wildman–Crippen MR) is 72.4 cm³/mol. The molecule has 1 heterocycles. The average Bonchev–Trinajstić information content (AvgIpc) is 2.36. The van der Waals surface area contributed by atoms with Crippen molar-refractivity contribution >= 4 is 11.8 Å². The molecule has 1 aliphatic rings. The summed E-state index contributed by atoms with van der Waals surface area (Å²) in [4.78, 5) is 26.0. The summed E-state index contributed by atoms with van der Waals surface area (Å²) in [6, 6.07) is -0.744. The summed E-state index contributed by atoms with van der Waals surface area (Å²) in [5.41, 5.74) is 5.77. The normalized spacial score (nSPS) is 23.1. The maximum atomic E-state index is 12.4. The third-order valence-corrected chi connectivity index (χ3v) is 3.32. The Morgan fingerprint density at radius 2 is 1.95 bits per heavy atom. The number of ether oxygens (including phenoxy) is 1. The lowest BCUT2D eigenvalue weighted by molar-refractivity contribution is -0.151. The largest absolute Gasteiger partial charge is 0.377 e. The number of nitrogens with zero attached hydrogens (tertiary/aromatic N) is 1. The van der Waals surface area contributed by atoms with Gasteiger partial charge in [-0.2, -0.15) is 0 Å². The second-order valence-electron chi connectivity index (χ2n) is 5.43. The summed E-state index contributed by atoms with van der Waals surface area (Å²) >= 11 is 0. The molecule has 1 fully saturated rings. The van der Waals surface area contributed by atoms with Crippen LogP contribution in [0.4, 0.5) is 0 Å². The molecular formula is C13H25N3O3. The highest BCUT2D eigenvalue weighted by Crippen LogP contribution is 2.14. The van der Waals surface area contributed by atoms with Crippen molar-refractivity contribution in [3.05, 3.63) is 0 Å². The fourth-order valence-corrected chi connectivity index (χ4v) is 1.95. The van der Waals surface area contributed by atoms with Crippen molar-refractivity contribution in [3.8, 4) is 0 Å². The summed E-state index contributed by atoms with van der Waals surface area (Å²) < 4.78 is 5.32. The van der Waals surface area contributed by atoms with Crippen molar-refractivity contribution in [2.75, 3.05) is 19.8 Å². The fourth-order valence-electron chi connectivity index (χ4n) is 1.95. The summed E-state index contributed by atoms with van der Waals surface area (Å²) in [7, 11) is 0. The molecule has 0 radical (unpaired) electrons. The first kappa shape index (κ1) is 15.9. The fraction of sp³-hybridized carbons (Fsp3) is 0.846. The van der Waals surface area contributed by atoms with Gasteiger partial charge in [-0.1, -0.05) is 6.92 Å². The van der Waals surface area contributed by atoms with E-state index in [-0.39, 0.29) is 36.4 Å². The van der Waals surface area contributed by atoms with Crippen LogP contribution in [0.1, 0.15) is 27.7 Å². The Bertz CT molecular complexity index is 331. The second-order valence-corrected chi connectivity index (χ2v) is 5.43. The zero-order valence-electron chi connectivity index (χ0n) is 12.2. The SMILES string of the molecule is CC(C)NC(=O)C1COCCN1C(=O)C(C)C(C)N. The molecule has 110 valence electrons. The van der Waals surface area contributed by atoms with Crippen LogP contribution in [0.2, 0.25) is 0 Å². The topological polar surface area (TPSA) is 84.7 Å². The van der Waals surface area contributed by atoms with E-state index < -0.39 is 6.04 Å². The highest BCUT2D eigenvalue weighted by atomic mass is 16.5. The van der Waals surface area contributed by atoms with E-state index in [9.17, 15) is 9.59 Å². The number of hydrogen-bond donors (Lipinski definition) is 2. The maximum absolute atomic E-state index is 12.4. The highest BCUT2D eigenvalue weighted by molar-refractivity contribution is 5.89. The Balaban J connectivity index is 2.77. The monoisotopic (exact) mass is 271 g/mol. The number of nitrogens with one attached hydrogen (secondary N) is 1. The van der Waals surface area contributed by atoms with E-state index in [0.717, 1.165) is 0 Å². The van der Waals surface area contributed by atoms with E-state index >= 15 is 0 Å². The van der Waals surface area contributed by atoms with E-state index in [2.05, 4.69) is 5.32 Å². The highest BCUT2D eigenvalue weighted by Gasteiger charge is 2.35. The van der Waals surface area contributed by atoms with E-state index in [1.54, 1.807) is 18.7 Å². The quantitative estimate of drug-likeness (QED) is 0.736. The van der Waals surface area contributed by atoms with Gasteiger partial charge in [0.05, 0.1) is 19.1 Å². The molecule has 3 N–H and O–H groups in total. The first-order chi connectivity index (χ1) is 8.84. The van der Waals surface area contributed by atoms with Gasteiger partial charge in [0.15, 0.2) is 0 Å². The molecule has 0 aromatic carbocycles. The summed E-state index contributed by atoms with van der Waals surface area (Å²) in [6.07, 6.45) is 0. The van der Waals surface area contributed by atoms with Gasteiger partial charge in [0.2, 0.25) is 11.8 Å². The lowest BCUT2D eigenvalue weighted by Crippen LogP contribution is -2.58. The number of rotatable bonds is 4. The van der Waals surface area contributed by atoms with Crippen LogP contribution in [0.15, 0.2) is 0 Å². The van der Waals surface area contributed by atoms with Crippen LogP contribution < -0.4 is 11.1 Å². The number of amides is 2. The molecule has 19 heavy (non-hydrogen) atoms. The molecule has 0 bridgehead atoms. The van der Waals surface area contributed by atoms with Gasteiger partial charge in [-0.25, -0.2) is 0 Å². The summed E-state index contributed by atoms with van der Waals surface area (Å²) in [5, 5.41) is 2.82. The van der Waals surface area contributed by atoms with Crippen molar-refractivity contribution in [2.24, 2.45) is 11.7 Å². The van der Waals surface area contributed by atoms with Crippen LogP contribution in [0, 0.1) is 5.92 Å². The van der Waals surface area contributed by atoms with Crippen molar-refractivity contribution in [3.63, 3.8) is 0 Å². The Hall–Kier alpha value is -1.14. The molecule has 0 aromatic rings. The van der Waals surface area contributed by atoms with Gasteiger partial charge >= 0.3 is 0 Å². The minimum absolute atomic E-state index is 0.0391. The van der Waals surface area contributed by atoms with Crippen molar-refractivity contribution in [1.29, 1.82) is 0 Å². The lowest BCUT2D eigenvalue weighted by Gasteiger charge is -2.37. The van der Waals surface area contributed by atoms with Gasteiger partial charge < -0.3 is 20.7 Å². The predicted octanol–water partition coefficient (Wildman–Crippen LogP) is -0.278. The van der Waals surface area contributed by atoms with Crippen molar-refractivity contribution in [2.45, 2.75) is 45.8 Å². The van der Waals surface area contributed by atoms with Crippen molar-refractivity contribution < 1.29 is 14.3 Å². The van der Waals surface area contributed by atoms with Crippen LogP contribution in [-0.2, 0) is 14.3 Å². The van der Waals surface area contributed by atoms with Crippen LogP contribution in [0.3, 0.4) is 0 Å². The Morgan fingerprint density at radius 1 is 1.32 bits per heavy atom. The average molecular weight is 271 g/mol. The van der Waals surface area contributed by atoms with Gasteiger partial charge in [0.25, 0.3) is 0 Å². The standard InChI is InChI=1S/C13H25N3O3/c1-8(2)15-12(17)11-7-19-6-5-16(11)13(18)9(3)10(4)14/h8-11H,5-7,14H2,1-4H3,(H,15,17). The van der Waals surface area contributed by atoms with E-state index in [1.165, 1.54) is 0 Å². The molecule has 6 nitrogen and oxygen atoms in total. The number of carbonyl (C=O) groups is 2. The third kappa shape index (κ3) is 4.18. The number of nitrogens with two attached hydrogens (primary N) is 1. The van der Waals surface area contributed by atoms with E-state index in [1.807, 2.05) is 13.8 Å². The second kappa shape index (κ2) is 6.86. The molecule has 6 heteroatoms. The van der Waals surface area contributed by atoms with Crippen LogP contribution in [0.5, 0.6) is 0 Å². The van der Waals surface area contributed by atoms with E-state index in [0.29, 0.717) is 13.2 Å². The third-order valence-electron chi connectivity index (χ3n) is 3.32. The van der Waals surface area contributed by atoms with Gasteiger partial charge in [-0.15, -0.1) is 0 Å². The lowest BCUT2D eigenvalue weighted by atomic mass is 10.0. The Kier molecular flexibility index (Phi) is 5.75. The Labute approximate surface area is 114 Å². The molecule has 1 aliphatic heterocycles. The van der Waals surface area contributed by atoms with Crippen LogP contribution in [0.25, 0.3) is 0 Å². The molecular weight excluding hydrogens is 246 g/mol. The van der Waals surface area contributed by atoms with Gasteiger partial charge in [-0.3, -0.25) is 9.59 Å². The molecule has 3 atom stereocenters. The molecule has 0 aromatic heterocycles. The number of hydrogen-bond acceptors (Lipinski definition) is 4. The van der Waals surface area contributed by atoms with Crippen LogP contribution in [-0.4, -0.2) is 54.6 Å². The molecule has 0 spiro atoms. The molecule has 1 saturated heterocycles. The summed E-state index contributed by atoms with van der Waals surface area (Å²) in [6.45, 7) is 8.51. The first-order valence-electron chi connectivity index (χ1n) is 6.78. The Morgan fingerprint density at radius 3 is 2.47 bits per heavy atom. The molecule has 1 rings (SSSR count). The molecule has 0 aliphatic carbocycles. The van der Waals surface area contributed by atoms with Gasteiger partial charge in [0, 0.05) is 18.6 Å². The molecule has 0 saturated carbocycles. The molecule has 3 unspecified atom stereocenters.